The number of benzene rings is 2. The molecule has 0 saturated carbocycles. The molecule has 2 aromatic rings. The van der Waals surface area contributed by atoms with Crippen molar-refractivity contribution in [3.8, 4) is 0 Å². The summed E-state index contributed by atoms with van der Waals surface area (Å²) in [5, 5.41) is 0. The number of carbonyl (C=O) groups excluding carboxylic acids is 1. The molecular formula is C26H32O2. The van der Waals surface area contributed by atoms with Crippen molar-refractivity contribution < 1.29 is 9.53 Å². The highest BCUT2D eigenvalue weighted by Crippen LogP contribution is 2.37. The van der Waals surface area contributed by atoms with Crippen LogP contribution in [0.3, 0.4) is 0 Å². The minimum atomic E-state index is -0.264. The molecule has 28 heavy (non-hydrogen) atoms. The highest BCUT2D eigenvalue weighted by molar-refractivity contribution is 5.90. The molecule has 0 aromatic heterocycles. The molecule has 0 spiro atoms. The molecule has 0 heterocycles. The van der Waals surface area contributed by atoms with Gasteiger partial charge in [0, 0.05) is 0 Å². The van der Waals surface area contributed by atoms with E-state index in [1.165, 1.54) is 54.4 Å². The minimum Gasteiger partial charge on any atom is -0.462 e. The Balaban J connectivity index is 1.78. The Morgan fingerprint density at radius 2 is 1.64 bits per heavy atom. The molecule has 0 fully saturated rings. The number of allylic oxidation sites excluding steroid dienone is 1. The Morgan fingerprint density at radius 3 is 2.29 bits per heavy atom. The SMILES string of the molecule is CCOC(=O)c1ccc(/C=C(\C)c2ccc3c(c2)CCC(C)(CC)CC3)cc1. The summed E-state index contributed by atoms with van der Waals surface area (Å²) in [7, 11) is 0. The van der Waals surface area contributed by atoms with Crippen molar-refractivity contribution >= 4 is 17.6 Å². The van der Waals surface area contributed by atoms with Crippen LogP contribution in [0.1, 0.15) is 79.6 Å². The third-order valence-corrected chi connectivity index (χ3v) is 6.32. The molecular weight excluding hydrogens is 344 g/mol. The maximum absolute atomic E-state index is 11.8. The summed E-state index contributed by atoms with van der Waals surface area (Å²) >= 11 is 0. The molecule has 0 radical (unpaired) electrons. The van der Waals surface area contributed by atoms with E-state index in [2.05, 4.69) is 45.0 Å². The number of esters is 1. The second-order valence-corrected chi connectivity index (χ2v) is 8.32. The van der Waals surface area contributed by atoms with Crippen LogP contribution in [0.4, 0.5) is 0 Å². The van der Waals surface area contributed by atoms with Gasteiger partial charge in [-0.15, -0.1) is 0 Å². The van der Waals surface area contributed by atoms with Gasteiger partial charge in [-0.1, -0.05) is 56.7 Å². The van der Waals surface area contributed by atoms with Gasteiger partial charge in [-0.2, -0.15) is 0 Å². The predicted molar refractivity (Wildman–Crippen MR) is 117 cm³/mol. The lowest BCUT2D eigenvalue weighted by Crippen LogP contribution is -2.14. The van der Waals surface area contributed by atoms with Crippen molar-refractivity contribution in [2.24, 2.45) is 5.41 Å². The first kappa shape index (κ1) is 20.4. The van der Waals surface area contributed by atoms with Crippen molar-refractivity contribution in [2.45, 2.75) is 59.8 Å². The molecule has 1 atom stereocenters. The Kier molecular flexibility index (Phi) is 6.39. The molecule has 0 saturated heterocycles. The van der Waals surface area contributed by atoms with E-state index < -0.39 is 0 Å². The first-order valence-corrected chi connectivity index (χ1v) is 10.5. The third-order valence-electron chi connectivity index (χ3n) is 6.32. The minimum absolute atomic E-state index is 0.264. The maximum atomic E-state index is 11.8. The number of hydrogen-bond acceptors (Lipinski definition) is 2. The lowest BCUT2D eigenvalue weighted by molar-refractivity contribution is 0.0526. The molecule has 0 N–H and O–H groups in total. The topological polar surface area (TPSA) is 26.3 Å². The zero-order chi connectivity index (χ0) is 20.1. The second kappa shape index (κ2) is 8.77. The van der Waals surface area contributed by atoms with E-state index in [1.54, 1.807) is 0 Å². The van der Waals surface area contributed by atoms with Crippen molar-refractivity contribution in [3.05, 3.63) is 70.3 Å². The molecule has 3 rings (SSSR count). The van der Waals surface area contributed by atoms with Gasteiger partial charge in [0.05, 0.1) is 12.2 Å². The summed E-state index contributed by atoms with van der Waals surface area (Å²) in [5.74, 6) is -0.264. The standard InChI is InChI=1S/C26H32O2/c1-5-26(4)15-13-21-11-12-23(18-24(21)14-16-26)19(3)17-20-7-9-22(10-8-20)25(27)28-6-2/h7-12,17-18H,5-6,13-16H2,1-4H3/b19-17+. The van der Waals surface area contributed by atoms with E-state index in [1.807, 2.05) is 31.2 Å². The van der Waals surface area contributed by atoms with Crippen molar-refractivity contribution in [1.29, 1.82) is 0 Å². The molecule has 0 amide bonds. The van der Waals surface area contributed by atoms with E-state index in [0.717, 1.165) is 5.56 Å². The highest BCUT2D eigenvalue weighted by atomic mass is 16.5. The van der Waals surface area contributed by atoms with Gasteiger partial charge in [0.2, 0.25) is 0 Å². The Hall–Kier alpha value is -2.35. The van der Waals surface area contributed by atoms with Gasteiger partial charge in [0.15, 0.2) is 0 Å². The van der Waals surface area contributed by atoms with E-state index in [4.69, 9.17) is 4.74 Å². The van der Waals surface area contributed by atoms with Crippen LogP contribution in [-0.2, 0) is 17.6 Å². The number of rotatable bonds is 5. The van der Waals surface area contributed by atoms with Crippen molar-refractivity contribution in [2.75, 3.05) is 6.61 Å². The number of aryl methyl sites for hydroxylation is 2. The number of carbonyl (C=O) groups is 1. The lowest BCUT2D eigenvalue weighted by Gasteiger charge is -2.25. The van der Waals surface area contributed by atoms with E-state index >= 15 is 0 Å². The van der Waals surface area contributed by atoms with Gasteiger partial charge in [0.25, 0.3) is 0 Å². The van der Waals surface area contributed by atoms with Crippen LogP contribution in [0.5, 0.6) is 0 Å². The van der Waals surface area contributed by atoms with Crippen molar-refractivity contribution in [1.82, 2.24) is 0 Å². The number of hydrogen-bond donors (Lipinski definition) is 0. The van der Waals surface area contributed by atoms with Crippen LogP contribution in [0.2, 0.25) is 0 Å². The van der Waals surface area contributed by atoms with Gasteiger partial charge in [-0.05, 0) is 84.9 Å². The van der Waals surface area contributed by atoms with Gasteiger partial charge in [0.1, 0.15) is 0 Å². The Morgan fingerprint density at radius 1 is 1.00 bits per heavy atom. The average Bonchev–Trinajstić information content (AvgIpc) is 2.88. The monoisotopic (exact) mass is 376 g/mol. The van der Waals surface area contributed by atoms with Crippen LogP contribution in [0.25, 0.3) is 11.6 Å². The van der Waals surface area contributed by atoms with E-state index in [9.17, 15) is 4.79 Å². The van der Waals surface area contributed by atoms with Crippen LogP contribution >= 0.6 is 0 Å². The third kappa shape index (κ3) is 4.73. The highest BCUT2D eigenvalue weighted by Gasteiger charge is 2.25. The second-order valence-electron chi connectivity index (χ2n) is 8.32. The van der Waals surface area contributed by atoms with Gasteiger partial charge in [-0.25, -0.2) is 4.79 Å². The van der Waals surface area contributed by atoms with Gasteiger partial charge < -0.3 is 4.74 Å². The first-order chi connectivity index (χ1) is 13.4. The number of fused-ring (bicyclic) bond motifs is 1. The first-order valence-electron chi connectivity index (χ1n) is 10.5. The van der Waals surface area contributed by atoms with Crippen molar-refractivity contribution in [3.63, 3.8) is 0 Å². The predicted octanol–water partition coefficient (Wildman–Crippen LogP) is 6.72. The summed E-state index contributed by atoms with van der Waals surface area (Å²) in [6, 6.07) is 14.6. The maximum Gasteiger partial charge on any atom is 0.338 e. The smallest absolute Gasteiger partial charge is 0.338 e. The molecule has 1 aliphatic carbocycles. The fourth-order valence-electron chi connectivity index (χ4n) is 3.96. The van der Waals surface area contributed by atoms with E-state index in [-0.39, 0.29) is 5.97 Å². The van der Waals surface area contributed by atoms with Crippen LogP contribution in [-0.4, -0.2) is 12.6 Å². The summed E-state index contributed by atoms with van der Waals surface area (Å²) in [6.45, 7) is 9.14. The molecule has 0 bridgehead atoms. The fraction of sp³-hybridized carbons (Fsp3) is 0.423. The Bertz CT molecular complexity index is 861. The quantitative estimate of drug-likeness (QED) is 0.329. The fourth-order valence-corrected chi connectivity index (χ4v) is 3.96. The Labute approximate surface area is 169 Å². The van der Waals surface area contributed by atoms with Gasteiger partial charge in [-0.3, -0.25) is 0 Å². The summed E-state index contributed by atoms with van der Waals surface area (Å²) in [5.41, 5.74) is 7.74. The summed E-state index contributed by atoms with van der Waals surface area (Å²) in [6.07, 6.45) is 8.38. The lowest BCUT2D eigenvalue weighted by atomic mass is 9.80. The molecule has 0 aliphatic heterocycles. The molecule has 2 heteroatoms. The molecule has 2 aromatic carbocycles. The van der Waals surface area contributed by atoms with Crippen LogP contribution in [0, 0.1) is 5.41 Å². The van der Waals surface area contributed by atoms with Gasteiger partial charge >= 0.3 is 5.97 Å². The molecule has 2 nitrogen and oxygen atoms in total. The summed E-state index contributed by atoms with van der Waals surface area (Å²) in [4.78, 5) is 11.8. The van der Waals surface area contributed by atoms with E-state index in [0.29, 0.717) is 17.6 Å². The zero-order valence-corrected chi connectivity index (χ0v) is 17.7. The number of ether oxygens (including phenoxy) is 1. The van der Waals surface area contributed by atoms with Crippen LogP contribution < -0.4 is 0 Å². The zero-order valence-electron chi connectivity index (χ0n) is 17.7. The molecule has 1 aliphatic rings. The average molecular weight is 377 g/mol. The van der Waals surface area contributed by atoms with Crippen LogP contribution in [0.15, 0.2) is 42.5 Å². The summed E-state index contributed by atoms with van der Waals surface area (Å²) < 4.78 is 5.05. The normalized spacial score (nSPS) is 19.6. The molecule has 148 valence electrons. The molecule has 1 unspecified atom stereocenters. The largest absolute Gasteiger partial charge is 0.462 e.